The highest BCUT2D eigenvalue weighted by molar-refractivity contribution is 5.80. The standard InChI is InChI=1S/C30H38N6O2/c1-24-11-4-5-14-27(24)38-20-19-37-26-13-10-12-25(21-26)23-31-34-28-22-29(35-15-6-2-7-16-35)33-30(32-28)36-17-8-3-9-18-36/h4-5,10-14,21-23H,2-3,6-9,15-20H2,1H3,(H,32,33,34)/b31-23+. The lowest BCUT2D eigenvalue weighted by molar-refractivity contribution is 0.216. The Hall–Kier alpha value is -3.81. The second-order valence-corrected chi connectivity index (χ2v) is 9.91. The van der Waals surface area contributed by atoms with Gasteiger partial charge in [-0.1, -0.05) is 30.3 Å². The summed E-state index contributed by atoms with van der Waals surface area (Å²) in [4.78, 5) is 14.4. The zero-order chi connectivity index (χ0) is 26.0. The molecule has 3 heterocycles. The van der Waals surface area contributed by atoms with Crippen molar-refractivity contribution >= 4 is 23.8 Å². The van der Waals surface area contributed by atoms with Crippen molar-refractivity contribution in [3.63, 3.8) is 0 Å². The fourth-order valence-corrected chi connectivity index (χ4v) is 4.89. The average Bonchev–Trinajstić information content (AvgIpc) is 2.97. The maximum absolute atomic E-state index is 5.90. The molecular weight excluding hydrogens is 476 g/mol. The number of hydrogen-bond donors (Lipinski definition) is 1. The molecule has 0 atom stereocenters. The van der Waals surface area contributed by atoms with Gasteiger partial charge in [-0.15, -0.1) is 0 Å². The lowest BCUT2D eigenvalue weighted by Gasteiger charge is -2.31. The zero-order valence-corrected chi connectivity index (χ0v) is 22.3. The molecule has 1 N–H and O–H groups in total. The number of rotatable bonds is 10. The van der Waals surface area contributed by atoms with Crippen LogP contribution in [0.2, 0.25) is 0 Å². The molecule has 2 aliphatic heterocycles. The molecule has 0 spiro atoms. The maximum Gasteiger partial charge on any atom is 0.229 e. The van der Waals surface area contributed by atoms with E-state index in [2.05, 4.69) is 20.3 Å². The van der Waals surface area contributed by atoms with Crippen LogP contribution in [-0.4, -0.2) is 55.6 Å². The Kier molecular flexibility index (Phi) is 8.92. The summed E-state index contributed by atoms with van der Waals surface area (Å²) in [5.41, 5.74) is 5.21. The second-order valence-electron chi connectivity index (χ2n) is 9.91. The number of nitrogens with one attached hydrogen (secondary N) is 1. The van der Waals surface area contributed by atoms with Gasteiger partial charge in [-0.25, -0.2) is 0 Å². The lowest BCUT2D eigenvalue weighted by Crippen LogP contribution is -2.33. The van der Waals surface area contributed by atoms with Gasteiger partial charge in [0.15, 0.2) is 5.82 Å². The summed E-state index contributed by atoms with van der Waals surface area (Å²) >= 11 is 0. The first-order valence-corrected chi connectivity index (χ1v) is 13.8. The molecule has 8 heteroatoms. The molecule has 0 radical (unpaired) electrons. The number of anilines is 3. The van der Waals surface area contributed by atoms with Crippen molar-refractivity contribution in [1.29, 1.82) is 0 Å². The minimum absolute atomic E-state index is 0.465. The quantitative estimate of drug-likeness (QED) is 0.212. The van der Waals surface area contributed by atoms with E-state index in [0.29, 0.717) is 13.2 Å². The van der Waals surface area contributed by atoms with E-state index in [1.807, 2.05) is 61.5 Å². The predicted octanol–water partition coefficient (Wildman–Crippen LogP) is 5.67. The maximum atomic E-state index is 5.90. The Morgan fingerprint density at radius 2 is 1.55 bits per heavy atom. The summed E-state index contributed by atoms with van der Waals surface area (Å²) in [6.07, 6.45) is 9.16. The van der Waals surface area contributed by atoms with E-state index >= 15 is 0 Å². The second kappa shape index (κ2) is 13.1. The number of aromatic nitrogens is 2. The summed E-state index contributed by atoms with van der Waals surface area (Å²) in [6, 6.07) is 17.9. The fraction of sp³-hybridized carbons (Fsp3) is 0.433. The third kappa shape index (κ3) is 7.15. The Balaban J connectivity index is 1.20. The van der Waals surface area contributed by atoms with Gasteiger partial charge in [0.25, 0.3) is 0 Å². The fourth-order valence-electron chi connectivity index (χ4n) is 4.89. The van der Waals surface area contributed by atoms with Gasteiger partial charge in [-0.05, 0) is 74.8 Å². The monoisotopic (exact) mass is 514 g/mol. The number of ether oxygens (including phenoxy) is 2. The van der Waals surface area contributed by atoms with E-state index in [1.165, 1.54) is 38.5 Å². The molecule has 0 unspecified atom stereocenters. The molecule has 2 aliphatic rings. The number of para-hydroxylation sites is 1. The van der Waals surface area contributed by atoms with Crippen molar-refractivity contribution in [3.8, 4) is 11.5 Å². The minimum atomic E-state index is 0.465. The molecule has 0 aliphatic carbocycles. The molecule has 1 aromatic heterocycles. The van der Waals surface area contributed by atoms with E-state index in [-0.39, 0.29) is 0 Å². The molecule has 2 fully saturated rings. The molecule has 38 heavy (non-hydrogen) atoms. The number of hydrogen-bond acceptors (Lipinski definition) is 8. The van der Waals surface area contributed by atoms with E-state index in [0.717, 1.165) is 66.4 Å². The van der Waals surface area contributed by atoms with Gasteiger partial charge >= 0.3 is 0 Å². The summed E-state index contributed by atoms with van der Waals surface area (Å²) in [5.74, 6) is 4.18. The predicted molar refractivity (Wildman–Crippen MR) is 154 cm³/mol. The zero-order valence-electron chi connectivity index (χ0n) is 22.3. The smallest absolute Gasteiger partial charge is 0.229 e. The highest BCUT2D eigenvalue weighted by atomic mass is 16.5. The Labute approximate surface area is 225 Å². The van der Waals surface area contributed by atoms with Crippen molar-refractivity contribution in [2.75, 3.05) is 54.6 Å². The topological polar surface area (TPSA) is 75.1 Å². The lowest BCUT2D eigenvalue weighted by atomic mass is 10.1. The molecule has 8 nitrogen and oxygen atoms in total. The number of nitrogens with zero attached hydrogens (tertiary/aromatic N) is 5. The molecule has 5 rings (SSSR count). The van der Waals surface area contributed by atoms with Crippen LogP contribution in [0.4, 0.5) is 17.6 Å². The molecular formula is C30H38N6O2. The van der Waals surface area contributed by atoms with Gasteiger partial charge in [-0.2, -0.15) is 15.1 Å². The van der Waals surface area contributed by atoms with Crippen LogP contribution in [0.1, 0.15) is 49.7 Å². The van der Waals surface area contributed by atoms with Gasteiger partial charge in [0.2, 0.25) is 5.95 Å². The highest BCUT2D eigenvalue weighted by Gasteiger charge is 2.19. The molecule has 2 aromatic carbocycles. The normalized spacial score (nSPS) is 16.0. The van der Waals surface area contributed by atoms with Crippen LogP contribution in [0.15, 0.2) is 59.7 Å². The first kappa shape index (κ1) is 25.8. The molecule has 0 amide bonds. The summed E-state index contributed by atoms with van der Waals surface area (Å²) in [6.45, 7) is 7.09. The van der Waals surface area contributed by atoms with Crippen molar-refractivity contribution in [2.24, 2.45) is 5.10 Å². The number of piperidine rings is 2. The summed E-state index contributed by atoms with van der Waals surface area (Å²) in [7, 11) is 0. The van der Waals surface area contributed by atoms with Crippen LogP contribution in [0.25, 0.3) is 0 Å². The average molecular weight is 515 g/mol. The van der Waals surface area contributed by atoms with Gasteiger partial charge < -0.3 is 19.3 Å². The summed E-state index contributed by atoms with van der Waals surface area (Å²) in [5, 5.41) is 4.49. The van der Waals surface area contributed by atoms with Crippen LogP contribution in [0, 0.1) is 6.92 Å². The van der Waals surface area contributed by atoms with Crippen LogP contribution in [-0.2, 0) is 0 Å². The first-order valence-electron chi connectivity index (χ1n) is 13.8. The summed E-state index contributed by atoms with van der Waals surface area (Å²) < 4.78 is 11.7. The van der Waals surface area contributed by atoms with E-state index < -0.39 is 0 Å². The van der Waals surface area contributed by atoms with Crippen molar-refractivity contribution in [3.05, 3.63) is 65.7 Å². The molecule has 2 saturated heterocycles. The number of benzene rings is 2. The molecule has 3 aromatic rings. The number of aryl methyl sites for hydroxylation is 1. The van der Waals surface area contributed by atoms with Crippen LogP contribution < -0.4 is 24.7 Å². The van der Waals surface area contributed by atoms with E-state index in [9.17, 15) is 0 Å². The largest absolute Gasteiger partial charge is 0.490 e. The molecule has 200 valence electrons. The highest BCUT2D eigenvalue weighted by Crippen LogP contribution is 2.25. The molecule has 0 saturated carbocycles. The first-order chi connectivity index (χ1) is 18.7. The van der Waals surface area contributed by atoms with Crippen molar-refractivity contribution < 1.29 is 9.47 Å². The van der Waals surface area contributed by atoms with Crippen LogP contribution in [0.5, 0.6) is 11.5 Å². The van der Waals surface area contributed by atoms with Crippen LogP contribution in [0.3, 0.4) is 0 Å². The number of hydrazone groups is 1. The van der Waals surface area contributed by atoms with E-state index in [4.69, 9.17) is 19.4 Å². The Morgan fingerprint density at radius 1 is 0.816 bits per heavy atom. The Bertz CT molecular complexity index is 1170. The van der Waals surface area contributed by atoms with Gasteiger partial charge in [0.1, 0.15) is 30.5 Å². The van der Waals surface area contributed by atoms with Gasteiger partial charge in [0, 0.05) is 32.2 Å². The van der Waals surface area contributed by atoms with Crippen molar-refractivity contribution in [1.82, 2.24) is 9.97 Å². The third-order valence-electron chi connectivity index (χ3n) is 6.97. The minimum Gasteiger partial charge on any atom is -0.490 e. The van der Waals surface area contributed by atoms with Crippen LogP contribution >= 0.6 is 0 Å². The third-order valence-corrected chi connectivity index (χ3v) is 6.97. The Morgan fingerprint density at radius 3 is 2.34 bits per heavy atom. The SMILES string of the molecule is Cc1ccccc1OCCOc1cccc(/C=N/Nc2cc(N3CCCCC3)nc(N3CCCCC3)n2)c1. The van der Waals surface area contributed by atoms with Gasteiger partial charge in [-0.3, -0.25) is 5.43 Å². The molecule has 0 bridgehead atoms. The van der Waals surface area contributed by atoms with Gasteiger partial charge in [0.05, 0.1) is 6.21 Å². The van der Waals surface area contributed by atoms with E-state index in [1.54, 1.807) is 6.21 Å². The van der Waals surface area contributed by atoms with Crippen molar-refractivity contribution in [2.45, 2.75) is 45.4 Å².